The molecule has 2 aromatic rings. The molecule has 1 aliphatic carbocycles. The van der Waals surface area contributed by atoms with Gasteiger partial charge in [0, 0.05) is 13.1 Å². The second kappa shape index (κ2) is 5.65. The van der Waals surface area contributed by atoms with E-state index >= 15 is 0 Å². The second-order valence-corrected chi connectivity index (χ2v) is 6.28. The van der Waals surface area contributed by atoms with Crippen LogP contribution in [0.2, 0.25) is 0 Å². The Bertz CT molecular complexity index is 850. The van der Waals surface area contributed by atoms with Crippen molar-refractivity contribution in [3.05, 3.63) is 52.1 Å². The van der Waals surface area contributed by atoms with E-state index in [9.17, 15) is 9.59 Å². The first-order valence-electron chi connectivity index (χ1n) is 8.14. The Balaban J connectivity index is 1.50. The summed E-state index contributed by atoms with van der Waals surface area (Å²) in [6, 6.07) is 7.22. The van der Waals surface area contributed by atoms with Crippen LogP contribution in [0.4, 0.5) is 0 Å². The summed E-state index contributed by atoms with van der Waals surface area (Å²) in [7, 11) is 0. The minimum atomic E-state index is -0.151. The molecule has 118 valence electrons. The van der Waals surface area contributed by atoms with Crippen LogP contribution in [0.3, 0.4) is 0 Å². The molecule has 2 fully saturated rings. The first-order chi connectivity index (χ1) is 11.2. The summed E-state index contributed by atoms with van der Waals surface area (Å²) in [5, 5.41) is 0.558. The highest BCUT2D eigenvalue weighted by Gasteiger charge is 2.24. The Labute approximate surface area is 134 Å². The van der Waals surface area contributed by atoms with Crippen LogP contribution >= 0.6 is 0 Å². The van der Waals surface area contributed by atoms with Gasteiger partial charge in [-0.15, -0.1) is 0 Å². The molecule has 1 saturated carbocycles. The van der Waals surface area contributed by atoms with Crippen molar-refractivity contribution in [2.75, 3.05) is 13.1 Å². The van der Waals surface area contributed by atoms with E-state index in [2.05, 4.69) is 4.98 Å². The van der Waals surface area contributed by atoms with Gasteiger partial charge in [0.1, 0.15) is 6.54 Å². The number of benzene rings is 1. The Hall–Kier alpha value is -2.43. The monoisotopic (exact) mass is 309 g/mol. The number of rotatable bonds is 2. The van der Waals surface area contributed by atoms with Gasteiger partial charge in [-0.3, -0.25) is 14.2 Å². The van der Waals surface area contributed by atoms with Crippen LogP contribution in [-0.4, -0.2) is 33.4 Å². The molecule has 0 unspecified atom stereocenters. The maximum absolute atomic E-state index is 12.5. The van der Waals surface area contributed by atoms with Gasteiger partial charge in [-0.2, -0.15) is 0 Å². The Kier molecular flexibility index (Phi) is 3.48. The average Bonchev–Trinajstić information content (AvgIpc) is 3.43. The summed E-state index contributed by atoms with van der Waals surface area (Å²) in [4.78, 5) is 31.0. The minimum Gasteiger partial charge on any atom is -0.341 e. The minimum absolute atomic E-state index is 0.00373. The van der Waals surface area contributed by atoms with Gasteiger partial charge in [-0.05, 0) is 37.8 Å². The first kappa shape index (κ1) is 14.2. The number of allylic oxidation sites excluding steroid dienone is 1. The molecule has 1 aromatic carbocycles. The number of likely N-dealkylation sites (tertiary alicyclic amines) is 1. The molecule has 0 atom stereocenters. The van der Waals surface area contributed by atoms with Gasteiger partial charge in [-0.1, -0.05) is 23.3 Å². The lowest BCUT2D eigenvalue weighted by molar-refractivity contribution is -0.132. The van der Waals surface area contributed by atoms with Crippen LogP contribution in [0.25, 0.3) is 10.9 Å². The zero-order chi connectivity index (χ0) is 15.8. The number of para-hydroxylation sites is 1. The Morgan fingerprint density at radius 1 is 1.04 bits per heavy atom. The highest BCUT2D eigenvalue weighted by molar-refractivity contribution is 5.79. The topological polar surface area (TPSA) is 55.2 Å². The van der Waals surface area contributed by atoms with Crippen molar-refractivity contribution in [2.45, 2.75) is 32.2 Å². The molecule has 5 heteroatoms. The molecule has 0 radical (unpaired) electrons. The fraction of sp³-hybridized carbons (Fsp3) is 0.389. The summed E-state index contributed by atoms with van der Waals surface area (Å²) in [5.74, 6) is 0.00373. The quantitative estimate of drug-likeness (QED) is 0.798. The largest absolute Gasteiger partial charge is 0.341 e. The number of carbonyl (C=O) groups excluding carboxylic acids is 1. The van der Waals surface area contributed by atoms with Crippen molar-refractivity contribution in [3.8, 4) is 0 Å². The van der Waals surface area contributed by atoms with Crippen LogP contribution < -0.4 is 5.56 Å². The van der Waals surface area contributed by atoms with Gasteiger partial charge < -0.3 is 4.90 Å². The summed E-state index contributed by atoms with van der Waals surface area (Å²) in [5.41, 5.74) is 3.67. The number of carbonyl (C=O) groups is 1. The van der Waals surface area contributed by atoms with E-state index in [1.165, 1.54) is 23.7 Å². The molecule has 5 nitrogen and oxygen atoms in total. The van der Waals surface area contributed by atoms with Gasteiger partial charge >= 0.3 is 0 Å². The molecule has 2 heterocycles. The van der Waals surface area contributed by atoms with Crippen LogP contribution in [0.1, 0.15) is 25.7 Å². The molecule has 1 aliphatic heterocycles. The molecule has 1 aromatic heterocycles. The summed E-state index contributed by atoms with van der Waals surface area (Å²) in [6.07, 6.45) is 5.96. The summed E-state index contributed by atoms with van der Waals surface area (Å²) in [6.45, 7) is 1.61. The number of nitrogens with zero attached hydrogens (tertiary/aromatic N) is 3. The normalized spacial score (nSPS) is 17.7. The van der Waals surface area contributed by atoms with E-state index in [0.29, 0.717) is 10.9 Å². The first-order valence-corrected chi connectivity index (χ1v) is 8.14. The van der Waals surface area contributed by atoms with Crippen molar-refractivity contribution in [1.29, 1.82) is 0 Å². The van der Waals surface area contributed by atoms with E-state index < -0.39 is 0 Å². The van der Waals surface area contributed by atoms with Crippen molar-refractivity contribution >= 4 is 16.8 Å². The van der Waals surface area contributed by atoms with E-state index in [-0.39, 0.29) is 18.0 Å². The summed E-state index contributed by atoms with van der Waals surface area (Å²) < 4.78 is 1.42. The molecule has 0 spiro atoms. The third-order valence-electron chi connectivity index (χ3n) is 4.76. The molecule has 1 amide bonds. The molecule has 4 rings (SSSR count). The van der Waals surface area contributed by atoms with Gasteiger partial charge in [0.2, 0.25) is 5.91 Å². The molecular weight excluding hydrogens is 290 g/mol. The lowest BCUT2D eigenvalue weighted by Gasteiger charge is -2.28. The fourth-order valence-corrected chi connectivity index (χ4v) is 3.26. The SMILES string of the molecule is O=C(Cn1cnc2ccccc2c1=O)N1CCC(=C2CC2)CC1. The lowest BCUT2D eigenvalue weighted by atomic mass is 10.0. The van der Waals surface area contributed by atoms with E-state index in [1.54, 1.807) is 23.3 Å². The van der Waals surface area contributed by atoms with Crippen LogP contribution in [-0.2, 0) is 11.3 Å². The third kappa shape index (κ3) is 2.79. The zero-order valence-electron chi connectivity index (χ0n) is 13.0. The second-order valence-electron chi connectivity index (χ2n) is 6.28. The molecular formula is C18H19N3O2. The summed E-state index contributed by atoms with van der Waals surface area (Å²) >= 11 is 0. The predicted molar refractivity (Wildman–Crippen MR) is 88.1 cm³/mol. The maximum Gasteiger partial charge on any atom is 0.261 e. The fourth-order valence-electron chi connectivity index (χ4n) is 3.26. The zero-order valence-corrected chi connectivity index (χ0v) is 13.0. The molecule has 2 aliphatic rings. The third-order valence-corrected chi connectivity index (χ3v) is 4.76. The number of amides is 1. The highest BCUT2D eigenvalue weighted by Crippen LogP contribution is 2.35. The van der Waals surface area contributed by atoms with Crippen LogP contribution in [0, 0.1) is 0 Å². The average molecular weight is 309 g/mol. The van der Waals surface area contributed by atoms with Crippen LogP contribution in [0.5, 0.6) is 0 Å². The van der Waals surface area contributed by atoms with Crippen molar-refractivity contribution < 1.29 is 4.79 Å². The van der Waals surface area contributed by atoms with Crippen molar-refractivity contribution in [1.82, 2.24) is 14.5 Å². The van der Waals surface area contributed by atoms with E-state index in [1.807, 2.05) is 17.0 Å². The number of fused-ring (bicyclic) bond motifs is 1. The number of hydrogen-bond donors (Lipinski definition) is 0. The Morgan fingerprint density at radius 3 is 2.48 bits per heavy atom. The van der Waals surface area contributed by atoms with Crippen LogP contribution in [0.15, 0.2) is 46.5 Å². The number of aromatic nitrogens is 2. The van der Waals surface area contributed by atoms with Gasteiger partial charge in [-0.25, -0.2) is 4.98 Å². The molecule has 23 heavy (non-hydrogen) atoms. The highest BCUT2D eigenvalue weighted by atomic mass is 16.2. The number of piperidine rings is 1. The van der Waals surface area contributed by atoms with Crippen molar-refractivity contribution in [2.24, 2.45) is 0 Å². The van der Waals surface area contributed by atoms with E-state index in [0.717, 1.165) is 25.9 Å². The molecule has 0 N–H and O–H groups in total. The smallest absolute Gasteiger partial charge is 0.261 e. The van der Waals surface area contributed by atoms with Gasteiger partial charge in [0.25, 0.3) is 5.56 Å². The van der Waals surface area contributed by atoms with Crippen molar-refractivity contribution in [3.63, 3.8) is 0 Å². The van der Waals surface area contributed by atoms with Gasteiger partial charge in [0.15, 0.2) is 0 Å². The molecule has 0 bridgehead atoms. The number of hydrogen-bond acceptors (Lipinski definition) is 3. The lowest BCUT2D eigenvalue weighted by Crippen LogP contribution is -2.40. The van der Waals surface area contributed by atoms with E-state index in [4.69, 9.17) is 0 Å². The van der Waals surface area contributed by atoms with Gasteiger partial charge in [0.05, 0.1) is 17.2 Å². The Morgan fingerprint density at radius 2 is 1.74 bits per heavy atom. The predicted octanol–water partition coefficient (Wildman–Crippen LogP) is 2.11. The molecule has 1 saturated heterocycles. The maximum atomic E-state index is 12.5. The standard InChI is InChI=1S/C18H19N3O2/c22-17(20-9-7-14(8-10-20)13-5-6-13)11-21-12-19-16-4-2-1-3-15(16)18(21)23/h1-4,12H,5-11H2.